The van der Waals surface area contributed by atoms with Gasteiger partial charge in [-0.1, -0.05) is 19.4 Å². The molecule has 0 atom stereocenters. The fourth-order valence-electron chi connectivity index (χ4n) is 2.81. The van der Waals surface area contributed by atoms with Gasteiger partial charge in [0.25, 0.3) is 0 Å². The van der Waals surface area contributed by atoms with Crippen LogP contribution in [0, 0.1) is 23.1 Å². The topological polar surface area (TPSA) is 35.8 Å². The molecule has 1 aliphatic rings. The number of rotatable bonds is 4. The van der Waals surface area contributed by atoms with Crippen molar-refractivity contribution in [1.29, 1.82) is 5.26 Å². The molecule has 0 saturated heterocycles. The van der Waals surface area contributed by atoms with Gasteiger partial charge in [-0.05, 0) is 49.3 Å². The van der Waals surface area contributed by atoms with Crippen LogP contribution >= 0.6 is 0 Å². The second-order valence-corrected chi connectivity index (χ2v) is 5.43. The Bertz CT molecular complexity index is 456. The summed E-state index contributed by atoms with van der Waals surface area (Å²) >= 11 is 0. The molecule has 1 aromatic rings. The van der Waals surface area contributed by atoms with Crippen LogP contribution in [0.15, 0.2) is 18.2 Å². The maximum atomic E-state index is 13.2. The summed E-state index contributed by atoms with van der Waals surface area (Å²) in [5, 5.41) is 12.3. The molecule has 1 aromatic carbocycles. The predicted octanol–water partition coefficient (Wildman–Crippen LogP) is 3.76. The molecule has 0 heterocycles. The zero-order valence-electron chi connectivity index (χ0n) is 11.5. The van der Waals surface area contributed by atoms with E-state index in [0.29, 0.717) is 6.04 Å². The summed E-state index contributed by atoms with van der Waals surface area (Å²) in [6.45, 7) is 2.98. The minimum absolute atomic E-state index is 0.133. The molecule has 1 saturated carbocycles. The Kier molecular flexibility index (Phi) is 4.93. The maximum absolute atomic E-state index is 13.2. The molecule has 3 heteroatoms. The highest BCUT2D eigenvalue weighted by Crippen LogP contribution is 2.26. The van der Waals surface area contributed by atoms with Crippen LogP contribution in [0.3, 0.4) is 0 Å². The van der Waals surface area contributed by atoms with Crippen molar-refractivity contribution in [1.82, 2.24) is 5.32 Å². The van der Waals surface area contributed by atoms with Gasteiger partial charge in [0, 0.05) is 12.6 Å². The molecule has 2 nitrogen and oxygen atoms in total. The van der Waals surface area contributed by atoms with E-state index in [1.807, 2.05) is 6.07 Å². The molecule has 0 aliphatic heterocycles. The quantitative estimate of drug-likeness (QED) is 0.894. The Morgan fingerprint density at radius 2 is 2.05 bits per heavy atom. The highest BCUT2D eigenvalue weighted by molar-refractivity contribution is 5.34. The van der Waals surface area contributed by atoms with Gasteiger partial charge in [0.1, 0.15) is 11.9 Å². The first-order valence-electron chi connectivity index (χ1n) is 7.14. The number of hydrogen-bond donors (Lipinski definition) is 1. The lowest BCUT2D eigenvalue weighted by Gasteiger charge is -2.28. The van der Waals surface area contributed by atoms with Gasteiger partial charge in [0.2, 0.25) is 0 Å². The van der Waals surface area contributed by atoms with E-state index in [4.69, 9.17) is 5.26 Å². The monoisotopic (exact) mass is 260 g/mol. The Hall–Kier alpha value is -1.40. The Morgan fingerprint density at radius 1 is 1.32 bits per heavy atom. The van der Waals surface area contributed by atoms with Crippen LogP contribution in [0.5, 0.6) is 0 Å². The minimum atomic E-state index is -0.435. The molecule has 19 heavy (non-hydrogen) atoms. The summed E-state index contributed by atoms with van der Waals surface area (Å²) < 4.78 is 13.2. The zero-order valence-corrected chi connectivity index (χ0v) is 11.5. The Balaban J connectivity index is 1.85. The minimum Gasteiger partial charge on any atom is -0.310 e. The second-order valence-electron chi connectivity index (χ2n) is 5.43. The van der Waals surface area contributed by atoms with Gasteiger partial charge in [-0.15, -0.1) is 0 Å². The van der Waals surface area contributed by atoms with E-state index >= 15 is 0 Å². The first-order valence-corrected chi connectivity index (χ1v) is 7.14. The molecule has 0 bridgehead atoms. The summed E-state index contributed by atoms with van der Waals surface area (Å²) in [4.78, 5) is 0. The summed E-state index contributed by atoms with van der Waals surface area (Å²) in [7, 11) is 0. The highest BCUT2D eigenvalue weighted by Gasteiger charge is 2.19. The molecule has 0 radical (unpaired) electrons. The SMILES string of the molecule is CCC1CCC(NCc2ccc(F)c(C#N)c2)CC1. The van der Waals surface area contributed by atoms with E-state index in [1.165, 1.54) is 38.2 Å². The molecular formula is C16H21FN2. The fourth-order valence-corrected chi connectivity index (χ4v) is 2.81. The van der Waals surface area contributed by atoms with Crippen LogP contribution in [0.4, 0.5) is 4.39 Å². The van der Waals surface area contributed by atoms with Gasteiger partial charge in [0.05, 0.1) is 5.56 Å². The lowest BCUT2D eigenvalue weighted by molar-refractivity contribution is 0.285. The van der Waals surface area contributed by atoms with Gasteiger partial charge in [-0.25, -0.2) is 4.39 Å². The second kappa shape index (κ2) is 6.68. The van der Waals surface area contributed by atoms with Gasteiger partial charge in [-0.2, -0.15) is 5.26 Å². The van der Waals surface area contributed by atoms with Crippen LogP contribution < -0.4 is 5.32 Å². The molecule has 0 aromatic heterocycles. The molecule has 2 rings (SSSR count). The van der Waals surface area contributed by atoms with Crippen molar-refractivity contribution in [2.24, 2.45) is 5.92 Å². The smallest absolute Gasteiger partial charge is 0.140 e. The van der Waals surface area contributed by atoms with Crippen molar-refractivity contribution < 1.29 is 4.39 Å². The normalized spacial score (nSPS) is 23.0. The molecule has 0 unspecified atom stereocenters. The summed E-state index contributed by atoms with van der Waals surface area (Å²) in [5.74, 6) is 0.462. The average Bonchev–Trinajstić information content (AvgIpc) is 2.47. The van der Waals surface area contributed by atoms with Crippen molar-refractivity contribution in [3.63, 3.8) is 0 Å². The summed E-state index contributed by atoms with van der Waals surface area (Å²) in [5.41, 5.74) is 1.12. The number of nitriles is 1. The van der Waals surface area contributed by atoms with Crippen molar-refractivity contribution >= 4 is 0 Å². The largest absolute Gasteiger partial charge is 0.310 e. The van der Waals surface area contributed by atoms with E-state index in [9.17, 15) is 4.39 Å². The van der Waals surface area contributed by atoms with E-state index < -0.39 is 5.82 Å². The van der Waals surface area contributed by atoms with Crippen LogP contribution in [0.2, 0.25) is 0 Å². The third kappa shape index (κ3) is 3.78. The fraction of sp³-hybridized carbons (Fsp3) is 0.562. The third-order valence-electron chi connectivity index (χ3n) is 4.17. The van der Waals surface area contributed by atoms with Gasteiger partial charge >= 0.3 is 0 Å². The van der Waals surface area contributed by atoms with E-state index in [0.717, 1.165) is 18.0 Å². The first kappa shape index (κ1) is 14.0. The third-order valence-corrected chi connectivity index (χ3v) is 4.17. The molecule has 0 amide bonds. The molecule has 0 spiro atoms. The molecule has 102 valence electrons. The average molecular weight is 260 g/mol. The molecular weight excluding hydrogens is 239 g/mol. The van der Waals surface area contributed by atoms with Gasteiger partial charge in [-0.3, -0.25) is 0 Å². The Labute approximate surface area is 114 Å². The number of nitrogens with zero attached hydrogens (tertiary/aromatic N) is 1. The van der Waals surface area contributed by atoms with Gasteiger partial charge < -0.3 is 5.32 Å². The Morgan fingerprint density at radius 3 is 2.68 bits per heavy atom. The van der Waals surface area contributed by atoms with Crippen molar-refractivity contribution in [3.8, 4) is 6.07 Å². The van der Waals surface area contributed by atoms with Crippen molar-refractivity contribution in [2.75, 3.05) is 0 Å². The van der Waals surface area contributed by atoms with E-state index in [2.05, 4.69) is 12.2 Å². The molecule has 1 aliphatic carbocycles. The van der Waals surface area contributed by atoms with Crippen LogP contribution in [-0.4, -0.2) is 6.04 Å². The van der Waals surface area contributed by atoms with Crippen LogP contribution in [0.1, 0.15) is 50.2 Å². The lowest BCUT2D eigenvalue weighted by Crippen LogP contribution is -2.32. The predicted molar refractivity (Wildman–Crippen MR) is 74.0 cm³/mol. The van der Waals surface area contributed by atoms with Crippen LogP contribution in [0.25, 0.3) is 0 Å². The van der Waals surface area contributed by atoms with Crippen LogP contribution in [-0.2, 0) is 6.54 Å². The van der Waals surface area contributed by atoms with E-state index in [1.54, 1.807) is 12.1 Å². The zero-order chi connectivity index (χ0) is 13.7. The number of benzene rings is 1. The van der Waals surface area contributed by atoms with E-state index in [-0.39, 0.29) is 5.56 Å². The number of nitrogens with one attached hydrogen (secondary N) is 1. The number of hydrogen-bond acceptors (Lipinski definition) is 2. The number of halogens is 1. The standard InChI is InChI=1S/C16H21FN2/c1-2-12-3-6-15(7-4-12)19-11-13-5-8-16(17)14(9-13)10-18/h5,8-9,12,15,19H,2-4,6-7,11H2,1H3. The summed E-state index contributed by atoms with van der Waals surface area (Å²) in [6.07, 6.45) is 6.36. The lowest BCUT2D eigenvalue weighted by atomic mass is 9.84. The van der Waals surface area contributed by atoms with Crippen molar-refractivity contribution in [3.05, 3.63) is 35.1 Å². The van der Waals surface area contributed by atoms with Crippen molar-refractivity contribution in [2.45, 2.75) is 51.6 Å². The van der Waals surface area contributed by atoms with Gasteiger partial charge in [0.15, 0.2) is 0 Å². The summed E-state index contributed by atoms with van der Waals surface area (Å²) in [6, 6.07) is 7.22. The highest BCUT2D eigenvalue weighted by atomic mass is 19.1. The molecule has 1 fully saturated rings. The maximum Gasteiger partial charge on any atom is 0.140 e. The molecule has 1 N–H and O–H groups in total. The first-order chi connectivity index (χ1) is 9.22.